The zero-order valence-corrected chi connectivity index (χ0v) is 18.9. The summed E-state index contributed by atoms with van der Waals surface area (Å²) in [6.07, 6.45) is 1.57. The molecule has 0 aliphatic carbocycles. The standard InChI is InChI=1S/C25H24N4O5/c1-3-26-18-9-5-4-8-15(18)25(24(26)32)21-20(19-12-7-13-27(19)25)22(30)28(23(21)31)16-10-6-11-17(14(16)2)29(33)34/h4-6,8-11,19-21H,3,7,12-13H2,1-2H3. The van der Waals surface area contributed by atoms with Crippen LogP contribution in [0.25, 0.3) is 0 Å². The molecule has 174 valence electrons. The molecule has 0 bridgehead atoms. The summed E-state index contributed by atoms with van der Waals surface area (Å²) in [7, 11) is 0. The highest BCUT2D eigenvalue weighted by Gasteiger charge is 2.75. The molecule has 4 aliphatic heterocycles. The predicted octanol–water partition coefficient (Wildman–Crippen LogP) is 2.75. The number of carbonyl (C=O) groups is 3. The number of benzene rings is 2. The third kappa shape index (κ3) is 2.25. The molecule has 2 aromatic carbocycles. The minimum atomic E-state index is -1.23. The van der Waals surface area contributed by atoms with Gasteiger partial charge in [0, 0.05) is 29.9 Å². The molecule has 0 saturated carbocycles. The van der Waals surface area contributed by atoms with Crippen LogP contribution in [0, 0.1) is 28.9 Å². The number of hydrogen-bond acceptors (Lipinski definition) is 6. The van der Waals surface area contributed by atoms with Gasteiger partial charge in [0.05, 0.1) is 28.0 Å². The number of anilines is 2. The van der Waals surface area contributed by atoms with E-state index >= 15 is 0 Å². The maximum Gasteiger partial charge on any atom is 0.274 e. The van der Waals surface area contributed by atoms with Crippen molar-refractivity contribution in [1.29, 1.82) is 0 Å². The zero-order valence-electron chi connectivity index (χ0n) is 18.9. The number of nitro benzene ring substituents is 1. The van der Waals surface area contributed by atoms with Crippen LogP contribution in [-0.4, -0.2) is 46.7 Å². The predicted molar refractivity (Wildman–Crippen MR) is 123 cm³/mol. The molecule has 0 aromatic heterocycles. The first kappa shape index (κ1) is 21.0. The Hall–Kier alpha value is -3.59. The Bertz CT molecular complexity index is 1290. The molecule has 3 fully saturated rings. The van der Waals surface area contributed by atoms with Crippen LogP contribution in [-0.2, 0) is 19.9 Å². The number of fused-ring (bicyclic) bond motifs is 7. The topological polar surface area (TPSA) is 104 Å². The van der Waals surface area contributed by atoms with E-state index in [0.717, 1.165) is 29.0 Å². The van der Waals surface area contributed by atoms with Crippen LogP contribution < -0.4 is 9.80 Å². The highest BCUT2D eigenvalue weighted by atomic mass is 16.6. The summed E-state index contributed by atoms with van der Waals surface area (Å²) in [5.41, 5.74) is 0.678. The first-order valence-corrected chi connectivity index (χ1v) is 11.7. The monoisotopic (exact) mass is 460 g/mol. The number of imide groups is 1. The van der Waals surface area contributed by atoms with Gasteiger partial charge in [-0.2, -0.15) is 0 Å². The Morgan fingerprint density at radius 3 is 2.53 bits per heavy atom. The number of para-hydroxylation sites is 1. The molecule has 9 nitrogen and oxygen atoms in total. The van der Waals surface area contributed by atoms with Crippen molar-refractivity contribution in [2.24, 2.45) is 11.8 Å². The van der Waals surface area contributed by atoms with Crippen LogP contribution in [0.5, 0.6) is 0 Å². The van der Waals surface area contributed by atoms with Gasteiger partial charge in [-0.3, -0.25) is 29.4 Å². The van der Waals surface area contributed by atoms with Gasteiger partial charge in [-0.05, 0) is 45.4 Å². The normalized spacial score (nSPS) is 29.8. The molecule has 2 aromatic rings. The number of rotatable bonds is 3. The van der Waals surface area contributed by atoms with E-state index in [1.807, 2.05) is 31.2 Å². The van der Waals surface area contributed by atoms with E-state index in [2.05, 4.69) is 4.90 Å². The molecule has 4 atom stereocenters. The summed E-state index contributed by atoms with van der Waals surface area (Å²) in [4.78, 5) is 58.0. The van der Waals surface area contributed by atoms with E-state index < -0.39 is 28.2 Å². The SMILES string of the molecule is CCN1C(=O)C2(c3ccccc31)C1C(=O)N(c3cccc([N+](=O)[O-])c3C)C(=O)C1C1CCCN12. The average molecular weight is 460 g/mol. The van der Waals surface area contributed by atoms with Crippen LogP contribution in [0.2, 0.25) is 0 Å². The van der Waals surface area contributed by atoms with Gasteiger partial charge in [-0.15, -0.1) is 0 Å². The minimum absolute atomic E-state index is 0.146. The van der Waals surface area contributed by atoms with E-state index in [-0.39, 0.29) is 34.8 Å². The third-order valence-electron chi connectivity index (χ3n) is 8.18. The lowest BCUT2D eigenvalue weighted by atomic mass is 9.75. The summed E-state index contributed by atoms with van der Waals surface area (Å²) < 4.78 is 0. The van der Waals surface area contributed by atoms with Crippen LogP contribution >= 0.6 is 0 Å². The summed E-state index contributed by atoms with van der Waals surface area (Å²) in [5, 5.41) is 11.5. The first-order valence-electron chi connectivity index (χ1n) is 11.7. The lowest BCUT2D eigenvalue weighted by molar-refractivity contribution is -0.385. The summed E-state index contributed by atoms with van der Waals surface area (Å²) in [5.74, 6) is -2.51. The smallest absolute Gasteiger partial charge is 0.274 e. The van der Waals surface area contributed by atoms with Crippen molar-refractivity contribution < 1.29 is 19.3 Å². The van der Waals surface area contributed by atoms with E-state index in [0.29, 0.717) is 13.1 Å². The van der Waals surface area contributed by atoms with E-state index in [1.165, 1.54) is 12.1 Å². The molecule has 4 aliphatic rings. The van der Waals surface area contributed by atoms with Gasteiger partial charge in [-0.25, -0.2) is 4.90 Å². The Balaban J connectivity index is 1.56. The van der Waals surface area contributed by atoms with Gasteiger partial charge in [0.25, 0.3) is 11.6 Å². The molecule has 1 spiro atoms. The van der Waals surface area contributed by atoms with E-state index in [1.54, 1.807) is 17.9 Å². The van der Waals surface area contributed by atoms with Gasteiger partial charge < -0.3 is 4.90 Å². The second-order valence-electron chi connectivity index (χ2n) is 9.43. The number of carbonyl (C=O) groups excluding carboxylic acids is 3. The van der Waals surface area contributed by atoms with Crippen molar-refractivity contribution in [3.8, 4) is 0 Å². The average Bonchev–Trinajstić information content (AvgIpc) is 3.52. The number of nitrogens with zero attached hydrogens (tertiary/aromatic N) is 4. The maximum absolute atomic E-state index is 14.1. The molecule has 4 unspecified atom stereocenters. The van der Waals surface area contributed by atoms with Gasteiger partial charge >= 0.3 is 0 Å². The molecule has 3 amide bonds. The number of hydrogen-bond donors (Lipinski definition) is 0. The molecule has 9 heteroatoms. The fourth-order valence-electron chi connectivity index (χ4n) is 6.94. The van der Waals surface area contributed by atoms with Crippen molar-refractivity contribution in [3.05, 3.63) is 63.7 Å². The molecule has 0 N–H and O–H groups in total. The second kappa shape index (κ2) is 6.96. The van der Waals surface area contributed by atoms with Crippen molar-refractivity contribution in [1.82, 2.24) is 4.90 Å². The van der Waals surface area contributed by atoms with Crippen molar-refractivity contribution in [2.75, 3.05) is 22.9 Å². The van der Waals surface area contributed by atoms with Crippen LogP contribution in [0.3, 0.4) is 0 Å². The number of nitro groups is 1. The van der Waals surface area contributed by atoms with Crippen LogP contribution in [0.4, 0.5) is 17.1 Å². The summed E-state index contributed by atoms with van der Waals surface area (Å²) >= 11 is 0. The quantitative estimate of drug-likeness (QED) is 0.396. The molecule has 34 heavy (non-hydrogen) atoms. The second-order valence-corrected chi connectivity index (χ2v) is 9.43. The number of likely N-dealkylation sites (N-methyl/N-ethyl adjacent to an activating group) is 1. The lowest BCUT2D eigenvalue weighted by Crippen LogP contribution is -2.56. The fraction of sp³-hybridized carbons (Fsp3) is 0.400. The van der Waals surface area contributed by atoms with Crippen molar-refractivity contribution in [2.45, 2.75) is 38.3 Å². The number of amides is 3. The summed E-state index contributed by atoms with van der Waals surface area (Å²) in [6, 6.07) is 11.7. The highest BCUT2D eigenvalue weighted by molar-refractivity contribution is 6.26. The fourth-order valence-corrected chi connectivity index (χ4v) is 6.94. The Labute approximate surface area is 196 Å². The minimum Gasteiger partial charge on any atom is -0.310 e. The van der Waals surface area contributed by atoms with Crippen molar-refractivity contribution in [3.63, 3.8) is 0 Å². The van der Waals surface area contributed by atoms with Gasteiger partial charge in [0.15, 0.2) is 0 Å². The zero-order chi connectivity index (χ0) is 23.9. The Kier molecular flexibility index (Phi) is 4.29. The molecular weight excluding hydrogens is 436 g/mol. The Morgan fingerprint density at radius 1 is 1.06 bits per heavy atom. The molecular formula is C25H24N4O5. The largest absolute Gasteiger partial charge is 0.310 e. The molecule has 0 radical (unpaired) electrons. The third-order valence-corrected chi connectivity index (χ3v) is 8.18. The van der Waals surface area contributed by atoms with Gasteiger partial charge in [0.2, 0.25) is 11.8 Å². The van der Waals surface area contributed by atoms with Crippen LogP contribution in [0.15, 0.2) is 42.5 Å². The summed E-state index contributed by atoms with van der Waals surface area (Å²) in [6.45, 7) is 4.56. The molecule has 3 saturated heterocycles. The van der Waals surface area contributed by atoms with Crippen LogP contribution in [0.1, 0.15) is 30.9 Å². The van der Waals surface area contributed by atoms with E-state index in [9.17, 15) is 24.5 Å². The lowest BCUT2D eigenvalue weighted by Gasteiger charge is -2.37. The maximum atomic E-state index is 14.1. The highest BCUT2D eigenvalue weighted by Crippen LogP contribution is 2.62. The van der Waals surface area contributed by atoms with E-state index in [4.69, 9.17) is 0 Å². The Morgan fingerprint density at radius 2 is 1.79 bits per heavy atom. The molecule has 4 heterocycles. The first-order chi connectivity index (χ1) is 16.4. The van der Waals surface area contributed by atoms with Gasteiger partial charge in [-0.1, -0.05) is 24.3 Å². The molecule has 6 rings (SSSR count). The van der Waals surface area contributed by atoms with Crippen molar-refractivity contribution >= 4 is 34.8 Å². The van der Waals surface area contributed by atoms with Gasteiger partial charge in [0.1, 0.15) is 5.54 Å².